The lowest BCUT2D eigenvalue weighted by Gasteiger charge is -2.30. The van der Waals surface area contributed by atoms with Crippen LogP contribution in [0.3, 0.4) is 0 Å². The largest absolute Gasteiger partial charge is 0.450 e. The van der Waals surface area contributed by atoms with Crippen LogP contribution in [-0.2, 0) is 10.2 Å². The molecule has 4 N–H and O–H groups in total. The van der Waals surface area contributed by atoms with Crippen LogP contribution in [0.4, 0.5) is 11.5 Å². The Balaban J connectivity index is 1.39. The monoisotopic (exact) mass is 465 g/mol. The number of carbonyl (C=O) groups is 1. The molecule has 0 radical (unpaired) electrons. The molecule has 1 aliphatic heterocycles. The average Bonchev–Trinajstić information content (AvgIpc) is 2.76. The Morgan fingerprint density at radius 3 is 2.62 bits per heavy atom. The number of ketones is 1. The van der Waals surface area contributed by atoms with Gasteiger partial charge in [-0.25, -0.2) is 4.79 Å². The molecular weight excluding hydrogens is 430 g/mol. The van der Waals surface area contributed by atoms with Gasteiger partial charge in [0.1, 0.15) is 5.78 Å². The second kappa shape index (κ2) is 9.60. The van der Waals surface area contributed by atoms with E-state index in [0.717, 1.165) is 37.1 Å². The number of amidine groups is 1. The minimum Gasteiger partial charge on any atom is -0.450 e. The quantitative estimate of drug-likeness (QED) is 0.326. The zero-order chi connectivity index (χ0) is 24.5. The fraction of sp³-hybridized carbons (Fsp3) is 0.538. The zero-order valence-corrected chi connectivity index (χ0v) is 20.3. The highest BCUT2D eigenvalue weighted by Crippen LogP contribution is 2.43. The number of hydrogen-bond donors (Lipinski definition) is 3. The Hall–Kier alpha value is -3.16. The highest BCUT2D eigenvalue weighted by atomic mass is 16.5. The molecule has 2 aromatic rings. The van der Waals surface area contributed by atoms with E-state index in [2.05, 4.69) is 37.1 Å². The van der Waals surface area contributed by atoms with E-state index in [4.69, 9.17) is 15.9 Å². The molecule has 2 aliphatic rings. The summed E-state index contributed by atoms with van der Waals surface area (Å²) < 4.78 is 7.80. The molecule has 8 heteroatoms. The number of nitrogens with one attached hydrogen (secondary N) is 2. The molecule has 0 amide bonds. The summed E-state index contributed by atoms with van der Waals surface area (Å²) in [4.78, 5) is 29.4. The van der Waals surface area contributed by atoms with E-state index >= 15 is 0 Å². The van der Waals surface area contributed by atoms with Crippen LogP contribution in [0.5, 0.6) is 11.5 Å². The topological polar surface area (TPSA) is 123 Å². The zero-order valence-electron chi connectivity index (χ0n) is 20.3. The standard InChI is InChI=1S/C26H35N5O3/c1-26(2,3)17-9-12-21-20(14-17)29-24-22(34-21)15-31(25(33)30-24)18-10-7-16(8-11-18)13-19(32)5-4-6-23(27)28/h9,12,14-16,18H,4-8,10-11,13H2,1-3H3,(H3,27,28)(H,29,30,33). The maximum atomic E-state index is 12.8. The number of aromatic nitrogens is 2. The molecule has 1 aromatic heterocycles. The molecule has 0 atom stereocenters. The van der Waals surface area contributed by atoms with Crippen LogP contribution < -0.4 is 21.5 Å². The average molecular weight is 466 g/mol. The van der Waals surface area contributed by atoms with Crippen molar-refractivity contribution in [2.45, 2.75) is 83.6 Å². The van der Waals surface area contributed by atoms with Crippen LogP contribution in [0, 0.1) is 11.3 Å². The fourth-order valence-electron chi connectivity index (χ4n) is 4.83. The minimum absolute atomic E-state index is 0.00578. The Kier molecular flexibility index (Phi) is 6.77. The van der Waals surface area contributed by atoms with E-state index in [0.29, 0.717) is 43.2 Å². The van der Waals surface area contributed by atoms with Gasteiger partial charge in [0, 0.05) is 25.3 Å². The third-order valence-corrected chi connectivity index (χ3v) is 6.86. The van der Waals surface area contributed by atoms with E-state index in [9.17, 15) is 9.59 Å². The second-order valence-corrected chi connectivity index (χ2v) is 10.6. The number of rotatable bonds is 7. The van der Waals surface area contributed by atoms with Gasteiger partial charge < -0.3 is 15.8 Å². The Bertz CT molecular complexity index is 1140. The van der Waals surface area contributed by atoms with Crippen molar-refractivity contribution in [3.63, 3.8) is 0 Å². The molecule has 8 nitrogen and oxygen atoms in total. The lowest BCUT2D eigenvalue weighted by atomic mass is 9.82. The van der Waals surface area contributed by atoms with E-state index in [1.54, 1.807) is 10.8 Å². The summed E-state index contributed by atoms with van der Waals surface area (Å²) in [5, 5.41) is 10.5. The maximum absolute atomic E-state index is 12.8. The van der Waals surface area contributed by atoms with Gasteiger partial charge in [0.05, 0.1) is 17.7 Å². The number of nitrogens with zero attached hydrogens (tertiary/aromatic N) is 2. The first kappa shape index (κ1) is 24.0. The first-order chi connectivity index (χ1) is 16.1. The lowest BCUT2D eigenvalue weighted by Crippen LogP contribution is -2.31. The van der Waals surface area contributed by atoms with Crippen molar-refractivity contribution < 1.29 is 9.53 Å². The fourth-order valence-corrected chi connectivity index (χ4v) is 4.83. The number of anilines is 2. The normalized spacial score (nSPS) is 19.4. The molecule has 4 rings (SSSR count). The van der Waals surface area contributed by atoms with E-state index < -0.39 is 0 Å². The molecule has 0 saturated heterocycles. The third-order valence-electron chi connectivity index (χ3n) is 6.86. The van der Waals surface area contributed by atoms with Crippen LogP contribution in [0.1, 0.15) is 83.7 Å². The number of ether oxygens (including phenoxy) is 1. The van der Waals surface area contributed by atoms with Gasteiger partial charge in [0.25, 0.3) is 0 Å². The van der Waals surface area contributed by atoms with Crippen LogP contribution in [-0.4, -0.2) is 21.2 Å². The smallest absolute Gasteiger partial charge is 0.350 e. The molecule has 1 aliphatic carbocycles. The lowest BCUT2D eigenvalue weighted by molar-refractivity contribution is -0.120. The van der Waals surface area contributed by atoms with Gasteiger partial charge in [-0.3, -0.25) is 14.8 Å². The molecule has 34 heavy (non-hydrogen) atoms. The summed E-state index contributed by atoms with van der Waals surface area (Å²) in [6.45, 7) is 6.47. The summed E-state index contributed by atoms with van der Waals surface area (Å²) in [5.41, 5.74) is 7.07. The third kappa shape index (κ3) is 5.48. The number of Topliss-reactive ketones (excluding diaryl/α,β-unsaturated/α-hetero) is 1. The van der Waals surface area contributed by atoms with Crippen molar-refractivity contribution >= 4 is 23.1 Å². The van der Waals surface area contributed by atoms with Crippen LogP contribution in [0.15, 0.2) is 29.2 Å². The van der Waals surface area contributed by atoms with Gasteiger partial charge in [0.15, 0.2) is 17.3 Å². The van der Waals surface area contributed by atoms with Crippen molar-refractivity contribution in [2.24, 2.45) is 11.7 Å². The summed E-state index contributed by atoms with van der Waals surface area (Å²) in [7, 11) is 0. The van der Waals surface area contributed by atoms with Crippen molar-refractivity contribution in [1.82, 2.24) is 9.55 Å². The van der Waals surface area contributed by atoms with Crippen molar-refractivity contribution in [3.8, 4) is 11.5 Å². The first-order valence-electron chi connectivity index (χ1n) is 12.2. The molecule has 0 spiro atoms. The van der Waals surface area contributed by atoms with E-state index in [1.165, 1.54) is 5.56 Å². The van der Waals surface area contributed by atoms with Crippen molar-refractivity contribution in [2.75, 3.05) is 5.32 Å². The molecule has 2 heterocycles. The molecule has 1 fully saturated rings. The van der Waals surface area contributed by atoms with Gasteiger partial charge in [-0.05, 0) is 61.1 Å². The molecule has 0 unspecified atom stereocenters. The van der Waals surface area contributed by atoms with Gasteiger partial charge in [0.2, 0.25) is 0 Å². The summed E-state index contributed by atoms with van der Waals surface area (Å²) in [6.07, 6.45) is 7.44. The summed E-state index contributed by atoms with van der Waals surface area (Å²) >= 11 is 0. The Morgan fingerprint density at radius 1 is 1.21 bits per heavy atom. The Morgan fingerprint density at radius 2 is 1.94 bits per heavy atom. The summed E-state index contributed by atoms with van der Waals surface area (Å²) in [5.74, 6) is 2.45. The summed E-state index contributed by atoms with van der Waals surface area (Å²) in [6, 6.07) is 6.13. The van der Waals surface area contributed by atoms with Crippen LogP contribution >= 0.6 is 0 Å². The number of hydrogen-bond acceptors (Lipinski definition) is 6. The predicted molar refractivity (Wildman–Crippen MR) is 133 cm³/mol. The molecule has 0 bridgehead atoms. The number of nitrogens with two attached hydrogens (primary N) is 1. The predicted octanol–water partition coefficient (Wildman–Crippen LogP) is 5.19. The SMILES string of the molecule is CC(C)(C)c1ccc2c(c1)Nc1nc(=O)n(C3CCC(CC(=O)CCCC(=N)N)CC3)cc1O2. The van der Waals surface area contributed by atoms with Crippen LogP contribution in [0.25, 0.3) is 0 Å². The number of fused-ring (bicyclic) bond motifs is 2. The molecule has 1 aromatic carbocycles. The maximum Gasteiger partial charge on any atom is 0.350 e. The van der Waals surface area contributed by atoms with Gasteiger partial charge in [-0.1, -0.05) is 26.8 Å². The van der Waals surface area contributed by atoms with E-state index in [-0.39, 0.29) is 28.8 Å². The van der Waals surface area contributed by atoms with Crippen molar-refractivity contribution in [1.29, 1.82) is 5.41 Å². The van der Waals surface area contributed by atoms with Crippen LogP contribution in [0.2, 0.25) is 0 Å². The van der Waals surface area contributed by atoms with Gasteiger partial charge in [-0.2, -0.15) is 4.98 Å². The van der Waals surface area contributed by atoms with Gasteiger partial charge in [-0.15, -0.1) is 0 Å². The molecule has 182 valence electrons. The second-order valence-electron chi connectivity index (χ2n) is 10.6. The van der Waals surface area contributed by atoms with E-state index in [1.807, 2.05) is 12.1 Å². The molecular formula is C26H35N5O3. The number of carbonyl (C=O) groups excluding carboxylic acids is 1. The highest BCUT2D eigenvalue weighted by molar-refractivity contribution is 5.80. The Labute approximate surface area is 200 Å². The molecule has 1 saturated carbocycles. The number of benzene rings is 1. The van der Waals surface area contributed by atoms with Gasteiger partial charge >= 0.3 is 5.69 Å². The minimum atomic E-state index is -0.283. The van der Waals surface area contributed by atoms with Crippen molar-refractivity contribution in [3.05, 3.63) is 40.4 Å². The first-order valence-corrected chi connectivity index (χ1v) is 12.2. The highest BCUT2D eigenvalue weighted by Gasteiger charge is 2.27.